The molecule has 1 atom stereocenters. The Morgan fingerprint density at radius 3 is 2.47 bits per heavy atom. The zero-order chi connectivity index (χ0) is 11.1. The fourth-order valence-electron chi connectivity index (χ4n) is 1.85. The predicted molar refractivity (Wildman–Crippen MR) is 65.1 cm³/mol. The number of hydrogen-bond acceptors (Lipinski definition) is 2. The molecule has 1 fully saturated rings. The van der Waals surface area contributed by atoms with E-state index in [0.717, 1.165) is 19.0 Å². The third-order valence-corrected chi connectivity index (χ3v) is 2.97. The van der Waals surface area contributed by atoms with Crippen LogP contribution in [0.15, 0.2) is 0 Å². The lowest BCUT2D eigenvalue weighted by molar-refractivity contribution is -0.0534. The molecule has 0 radical (unpaired) electrons. The molecule has 0 aromatic rings. The summed E-state index contributed by atoms with van der Waals surface area (Å²) in [6.07, 6.45) is 7.36. The van der Waals surface area contributed by atoms with Crippen molar-refractivity contribution in [3.8, 4) is 0 Å². The highest BCUT2D eigenvalue weighted by molar-refractivity contribution is 4.73. The van der Waals surface area contributed by atoms with Crippen molar-refractivity contribution in [1.82, 2.24) is 5.32 Å². The molecule has 90 valence electrons. The van der Waals surface area contributed by atoms with Gasteiger partial charge in [-0.05, 0) is 38.1 Å². The van der Waals surface area contributed by atoms with Crippen LogP contribution in [0.3, 0.4) is 0 Å². The molecular weight excluding hydrogens is 186 g/mol. The minimum absolute atomic E-state index is 0.444. The summed E-state index contributed by atoms with van der Waals surface area (Å²) in [4.78, 5) is 0. The van der Waals surface area contributed by atoms with E-state index in [4.69, 9.17) is 4.74 Å². The van der Waals surface area contributed by atoms with Crippen molar-refractivity contribution in [2.75, 3.05) is 13.1 Å². The van der Waals surface area contributed by atoms with Gasteiger partial charge in [0.1, 0.15) is 0 Å². The smallest absolute Gasteiger partial charge is 0.0703 e. The Hall–Kier alpha value is -0.0800. The molecule has 0 bridgehead atoms. The standard InChI is InChI=1S/C13H27NO/c1-4-6-13(10-14-9-11(2)3)15-12-7-5-8-12/h11-14H,4-10H2,1-3H3. The summed E-state index contributed by atoms with van der Waals surface area (Å²) in [6, 6.07) is 0. The van der Waals surface area contributed by atoms with Crippen LogP contribution < -0.4 is 5.32 Å². The molecule has 1 unspecified atom stereocenters. The van der Waals surface area contributed by atoms with Gasteiger partial charge in [-0.15, -0.1) is 0 Å². The molecule has 2 nitrogen and oxygen atoms in total. The van der Waals surface area contributed by atoms with Gasteiger partial charge in [-0.2, -0.15) is 0 Å². The van der Waals surface area contributed by atoms with Crippen LogP contribution in [0.4, 0.5) is 0 Å². The molecule has 15 heavy (non-hydrogen) atoms. The van der Waals surface area contributed by atoms with Crippen molar-refractivity contribution in [1.29, 1.82) is 0 Å². The van der Waals surface area contributed by atoms with E-state index < -0.39 is 0 Å². The molecule has 0 saturated heterocycles. The maximum atomic E-state index is 6.05. The third kappa shape index (κ3) is 5.53. The second-order valence-corrected chi connectivity index (χ2v) is 5.15. The molecule has 1 rings (SSSR count). The van der Waals surface area contributed by atoms with E-state index in [1.54, 1.807) is 0 Å². The molecule has 1 aliphatic rings. The second-order valence-electron chi connectivity index (χ2n) is 5.15. The van der Waals surface area contributed by atoms with E-state index in [0.29, 0.717) is 12.2 Å². The van der Waals surface area contributed by atoms with Crippen molar-refractivity contribution >= 4 is 0 Å². The van der Waals surface area contributed by atoms with Gasteiger partial charge in [0, 0.05) is 6.54 Å². The molecule has 1 aliphatic carbocycles. The first-order valence-corrected chi connectivity index (χ1v) is 6.58. The van der Waals surface area contributed by atoms with E-state index in [2.05, 4.69) is 26.1 Å². The summed E-state index contributed by atoms with van der Waals surface area (Å²) in [5.41, 5.74) is 0. The molecule has 0 aromatic heterocycles. The van der Waals surface area contributed by atoms with E-state index in [9.17, 15) is 0 Å². The maximum absolute atomic E-state index is 6.05. The average molecular weight is 213 g/mol. The highest BCUT2D eigenvalue weighted by atomic mass is 16.5. The highest BCUT2D eigenvalue weighted by Crippen LogP contribution is 2.24. The zero-order valence-corrected chi connectivity index (χ0v) is 10.6. The van der Waals surface area contributed by atoms with Crippen molar-refractivity contribution in [3.63, 3.8) is 0 Å². The zero-order valence-electron chi connectivity index (χ0n) is 10.6. The van der Waals surface area contributed by atoms with Crippen molar-refractivity contribution < 1.29 is 4.74 Å². The second kappa shape index (κ2) is 7.24. The van der Waals surface area contributed by atoms with Gasteiger partial charge in [-0.1, -0.05) is 27.2 Å². The number of ether oxygens (including phenoxy) is 1. The Labute approximate surface area is 94.8 Å². The van der Waals surface area contributed by atoms with Crippen LogP contribution in [0.2, 0.25) is 0 Å². The summed E-state index contributed by atoms with van der Waals surface area (Å²) < 4.78 is 6.05. The van der Waals surface area contributed by atoms with Crippen LogP contribution in [-0.2, 0) is 4.74 Å². The summed E-state index contributed by atoms with van der Waals surface area (Å²) in [6.45, 7) is 8.86. The van der Waals surface area contributed by atoms with Crippen LogP contribution in [0.1, 0.15) is 52.9 Å². The van der Waals surface area contributed by atoms with Crippen LogP contribution in [0.25, 0.3) is 0 Å². The molecule has 0 spiro atoms. The van der Waals surface area contributed by atoms with Gasteiger partial charge in [-0.25, -0.2) is 0 Å². The number of nitrogens with one attached hydrogen (secondary N) is 1. The normalized spacial score (nSPS) is 19.2. The summed E-state index contributed by atoms with van der Waals surface area (Å²) >= 11 is 0. The lowest BCUT2D eigenvalue weighted by Crippen LogP contribution is -2.36. The van der Waals surface area contributed by atoms with Crippen molar-refractivity contribution in [2.45, 2.75) is 65.1 Å². The molecule has 0 aliphatic heterocycles. The minimum atomic E-state index is 0.444. The Morgan fingerprint density at radius 1 is 1.27 bits per heavy atom. The number of rotatable bonds is 8. The van der Waals surface area contributed by atoms with Gasteiger partial charge < -0.3 is 10.1 Å². The lowest BCUT2D eigenvalue weighted by Gasteiger charge is -2.30. The molecule has 0 heterocycles. The Morgan fingerprint density at radius 2 is 2.00 bits per heavy atom. The van der Waals surface area contributed by atoms with Gasteiger partial charge in [0.05, 0.1) is 12.2 Å². The van der Waals surface area contributed by atoms with E-state index in [1.165, 1.54) is 32.1 Å². The SMILES string of the molecule is CCCC(CNCC(C)C)OC1CCC1. The Kier molecular flexibility index (Phi) is 6.26. The van der Waals surface area contributed by atoms with Crippen LogP contribution in [-0.4, -0.2) is 25.3 Å². The molecule has 1 saturated carbocycles. The summed E-state index contributed by atoms with van der Waals surface area (Å²) in [5, 5.41) is 3.50. The molecule has 0 aromatic carbocycles. The van der Waals surface area contributed by atoms with Gasteiger partial charge in [0.25, 0.3) is 0 Å². The van der Waals surface area contributed by atoms with Crippen LogP contribution >= 0.6 is 0 Å². The first kappa shape index (κ1) is 13.0. The van der Waals surface area contributed by atoms with Gasteiger partial charge in [-0.3, -0.25) is 0 Å². The van der Waals surface area contributed by atoms with Crippen molar-refractivity contribution in [2.24, 2.45) is 5.92 Å². The molecule has 2 heteroatoms. The van der Waals surface area contributed by atoms with E-state index in [-0.39, 0.29) is 0 Å². The quantitative estimate of drug-likeness (QED) is 0.669. The van der Waals surface area contributed by atoms with E-state index in [1.807, 2.05) is 0 Å². The third-order valence-electron chi connectivity index (χ3n) is 2.97. The topological polar surface area (TPSA) is 21.3 Å². The molecular formula is C13H27NO. The predicted octanol–water partition coefficient (Wildman–Crippen LogP) is 2.97. The van der Waals surface area contributed by atoms with Crippen LogP contribution in [0, 0.1) is 5.92 Å². The Balaban J connectivity index is 2.11. The largest absolute Gasteiger partial charge is 0.374 e. The van der Waals surface area contributed by atoms with Gasteiger partial charge in [0.15, 0.2) is 0 Å². The van der Waals surface area contributed by atoms with Crippen molar-refractivity contribution in [3.05, 3.63) is 0 Å². The molecule has 1 N–H and O–H groups in total. The summed E-state index contributed by atoms with van der Waals surface area (Å²) in [7, 11) is 0. The summed E-state index contributed by atoms with van der Waals surface area (Å²) in [5.74, 6) is 0.732. The lowest BCUT2D eigenvalue weighted by atomic mass is 9.96. The Bertz CT molecular complexity index is 155. The van der Waals surface area contributed by atoms with E-state index >= 15 is 0 Å². The minimum Gasteiger partial charge on any atom is -0.374 e. The van der Waals surface area contributed by atoms with Gasteiger partial charge in [0.2, 0.25) is 0 Å². The van der Waals surface area contributed by atoms with Crippen LogP contribution in [0.5, 0.6) is 0 Å². The first-order valence-electron chi connectivity index (χ1n) is 6.58. The van der Waals surface area contributed by atoms with Gasteiger partial charge >= 0.3 is 0 Å². The fraction of sp³-hybridized carbons (Fsp3) is 1.00. The molecule has 0 amide bonds. The first-order chi connectivity index (χ1) is 7.22. The monoisotopic (exact) mass is 213 g/mol. The number of hydrogen-bond donors (Lipinski definition) is 1. The highest BCUT2D eigenvalue weighted by Gasteiger charge is 2.21. The fourth-order valence-corrected chi connectivity index (χ4v) is 1.85. The maximum Gasteiger partial charge on any atom is 0.0703 e. The average Bonchev–Trinajstić information content (AvgIpc) is 2.10.